The summed E-state index contributed by atoms with van der Waals surface area (Å²) < 4.78 is 11.6. The van der Waals surface area contributed by atoms with E-state index >= 15 is 0 Å². The molecule has 148 valence electrons. The van der Waals surface area contributed by atoms with E-state index in [2.05, 4.69) is 42.0 Å². The highest BCUT2D eigenvalue weighted by Crippen LogP contribution is 2.37. The molecule has 0 saturated carbocycles. The summed E-state index contributed by atoms with van der Waals surface area (Å²) in [5.74, 6) is 0.728. The number of carbonyl (C=O) groups is 1. The first kappa shape index (κ1) is 23.0. The van der Waals surface area contributed by atoms with E-state index in [1.54, 1.807) is 25.3 Å². The van der Waals surface area contributed by atoms with E-state index < -0.39 is 11.4 Å². The Kier molecular flexibility index (Phi) is 7.91. The number of nitrogens with one attached hydrogen (secondary N) is 1. The van der Waals surface area contributed by atoms with Gasteiger partial charge in [0.2, 0.25) is 0 Å². The number of rotatable bonds is 7. The van der Waals surface area contributed by atoms with Crippen LogP contribution in [0.4, 0.5) is 0 Å². The quantitative estimate of drug-likeness (QED) is 0.476. The van der Waals surface area contributed by atoms with Gasteiger partial charge in [-0.3, -0.25) is 4.79 Å². The fourth-order valence-electron chi connectivity index (χ4n) is 3.19. The van der Waals surface area contributed by atoms with E-state index in [0.717, 1.165) is 6.42 Å². The maximum atomic E-state index is 12.6. The molecule has 1 N–H and O–H groups in total. The number of methoxy groups -OCH3 is 1. The smallest absolute Gasteiger partial charge is 0.262 e. The number of carbonyl (C=O) groups excluding carboxylic acids is 1. The summed E-state index contributed by atoms with van der Waals surface area (Å²) in [4.78, 5) is 12.6. The van der Waals surface area contributed by atoms with Crippen molar-refractivity contribution in [3.8, 4) is 17.6 Å². The van der Waals surface area contributed by atoms with Crippen LogP contribution in [0.5, 0.6) is 11.5 Å². The first-order chi connectivity index (χ1) is 12.4. The molecule has 1 rings (SSSR count). The molecule has 0 radical (unpaired) electrons. The maximum Gasteiger partial charge on any atom is 0.262 e. The fourth-order valence-corrected chi connectivity index (χ4v) is 3.81. The van der Waals surface area contributed by atoms with Gasteiger partial charge in [-0.05, 0) is 72.3 Å². The highest BCUT2D eigenvalue weighted by molar-refractivity contribution is 9.10. The third-order valence-corrected chi connectivity index (χ3v) is 4.23. The Morgan fingerprint density at radius 2 is 1.93 bits per heavy atom. The van der Waals surface area contributed by atoms with E-state index in [9.17, 15) is 10.1 Å². The number of nitrogens with zero attached hydrogens (tertiary/aromatic N) is 1. The van der Waals surface area contributed by atoms with Gasteiger partial charge in [-0.1, -0.05) is 20.8 Å². The Hall–Kier alpha value is -2.00. The van der Waals surface area contributed by atoms with Crippen molar-refractivity contribution in [2.45, 2.75) is 53.5 Å². The van der Waals surface area contributed by atoms with Crippen molar-refractivity contribution in [3.05, 3.63) is 27.7 Å². The Balaban J connectivity index is 3.16. The average Bonchev–Trinajstić information content (AvgIpc) is 2.49. The number of hydrogen-bond acceptors (Lipinski definition) is 4. The molecule has 6 heteroatoms. The first-order valence-corrected chi connectivity index (χ1v) is 9.66. The fraction of sp³-hybridized carbons (Fsp3) is 0.524. The van der Waals surface area contributed by atoms with Gasteiger partial charge in [0, 0.05) is 5.54 Å². The zero-order valence-corrected chi connectivity index (χ0v) is 18.8. The predicted molar refractivity (Wildman–Crippen MR) is 112 cm³/mol. The van der Waals surface area contributed by atoms with Crippen LogP contribution in [0.2, 0.25) is 0 Å². The van der Waals surface area contributed by atoms with Gasteiger partial charge in [-0.15, -0.1) is 0 Å². The molecule has 1 aromatic rings. The third-order valence-electron chi connectivity index (χ3n) is 3.64. The summed E-state index contributed by atoms with van der Waals surface area (Å²) in [5, 5.41) is 12.4. The second kappa shape index (κ2) is 9.27. The highest BCUT2D eigenvalue weighted by Gasteiger charge is 2.28. The van der Waals surface area contributed by atoms with Crippen LogP contribution in [-0.2, 0) is 4.79 Å². The molecule has 0 atom stereocenters. The van der Waals surface area contributed by atoms with E-state index in [0.29, 0.717) is 28.1 Å². The molecule has 0 bridgehead atoms. The van der Waals surface area contributed by atoms with Crippen molar-refractivity contribution in [1.29, 1.82) is 5.26 Å². The molecule has 1 amide bonds. The number of benzene rings is 1. The summed E-state index contributed by atoms with van der Waals surface area (Å²) in [6, 6.07) is 5.53. The minimum atomic E-state index is -0.428. The van der Waals surface area contributed by atoms with Crippen molar-refractivity contribution in [2.24, 2.45) is 5.41 Å². The van der Waals surface area contributed by atoms with Crippen LogP contribution < -0.4 is 14.8 Å². The summed E-state index contributed by atoms with van der Waals surface area (Å²) in [5.41, 5.74) is 0.339. The molecule has 27 heavy (non-hydrogen) atoms. The Bertz CT molecular complexity index is 756. The summed E-state index contributed by atoms with van der Waals surface area (Å²) in [7, 11) is 1.56. The van der Waals surface area contributed by atoms with Gasteiger partial charge in [0.15, 0.2) is 11.5 Å². The lowest BCUT2D eigenvalue weighted by Gasteiger charge is -2.33. The van der Waals surface area contributed by atoms with E-state index in [-0.39, 0.29) is 11.0 Å². The molecule has 0 spiro atoms. The molecule has 5 nitrogen and oxygen atoms in total. The average molecular weight is 437 g/mol. The Morgan fingerprint density at radius 3 is 2.41 bits per heavy atom. The summed E-state index contributed by atoms with van der Waals surface area (Å²) in [6.07, 6.45) is 2.34. The highest BCUT2D eigenvalue weighted by atomic mass is 79.9. The van der Waals surface area contributed by atoms with Crippen LogP contribution in [0.3, 0.4) is 0 Å². The first-order valence-electron chi connectivity index (χ1n) is 8.87. The van der Waals surface area contributed by atoms with Gasteiger partial charge in [0.1, 0.15) is 11.6 Å². The molecular formula is C21H29BrN2O3. The van der Waals surface area contributed by atoms with Crippen molar-refractivity contribution >= 4 is 27.9 Å². The van der Waals surface area contributed by atoms with E-state index in [1.807, 2.05) is 26.8 Å². The van der Waals surface area contributed by atoms with Crippen LogP contribution >= 0.6 is 15.9 Å². The van der Waals surface area contributed by atoms with E-state index in [1.165, 1.54) is 0 Å². The molecule has 0 aliphatic carbocycles. The van der Waals surface area contributed by atoms with Crippen LogP contribution in [0, 0.1) is 16.7 Å². The monoisotopic (exact) mass is 436 g/mol. The molecule has 0 aromatic heterocycles. The predicted octanol–water partition coefficient (Wildman–Crippen LogP) is 5.09. The number of halogens is 1. The molecular weight excluding hydrogens is 408 g/mol. The van der Waals surface area contributed by atoms with Gasteiger partial charge < -0.3 is 14.8 Å². The van der Waals surface area contributed by atoms with Crippen molar-refractivity contribution in [2.75, 3.05) is 13.7 Å². The lowest BCUT2D eigenvalue weighted by atomic mass is 9.81. The van der Waals surface area contributed by atoms with E-state index in [4.69, 9.17) is 9.47 Å². The van der Waals surface area contributed by atoms with Crippen molar-refractivity contribution < 1.29 is 14.3 Å². The third kappa shape index (κ3) is 7.26. The molecule has 0 heterocycles. The molecule has 0 aliphatic rings. The zero-order chi connectivity index (χ0) is 20.8. The Labute approximate surface area is 170 Å². The lowest BCUT2D eigenvalue weighted by molar-refractivity contribution is -0.118. The van der Waals surface area contributed by atoms with Crippen LogP contribution in [0.15, 0.2) is 22.2 Å². The van der Waals surface area contributed by atoms with Crippen molar-refractivity contribution in [1.82, 2.24) is 5.32 Å². The van der Waals surface area contributed by atoms with Gasteiger partial charge in [0.25, 0.3) is 5.91 Å². The van der Waals surface area contributed by atoms with Crippen LogP contribution in [0.1, 0.15) is 53.5 Å². The standard InChI is InChI=1S/C21H29BrN2O3/c1-8-27-17-11-14(10-16(22)18(17)26-7)9-15(12-23)19(25)24-21(5,6)13-20(2,3)4/h9-11H,8,13H2,1-7H3,(H,24,25). The molecule has 1 aromatic carbocycles. The van der Waals surface area contributed by atoms with Gasteiger partial charge in [0.05, 0.1) is 18.2 Å². The van der Waals surface area contributed by atoms with Gasteiger partial charge in [-0.25, -0.2) is 0 Å². The molecule has 0 saturated heterocycles. The minimum absolute atomic E-state index is 0.0384. The lowest BCUT2D eigenvalue weighted by Crippen LogP contribution is -2.46. The van der Waals surface area contributed by atoms with Crippen molar-refractivity contribution in [3.63, 3.8) is 0 Å². The second-order valence-electron chi connectivity index (χ2n) is 8.21. The number of amides is 1. The maximum absolute atomic E-state index is 12.6. The normalized spacial score (nSPS) is 12.3. The summed E-state index contributed by atoms with van der Waals surface area (Å²) >= 11 is 3.44. The largest absolute Gasteiger partial charge is 0.492 e. The number of ether oxygens (including phenoxy) is 2. The van der Waals surface area contributed by atoms with Gasteiger partial charge in [-0.2, -0.15) is 5.26 Å². The molecule has 0 unspecified atom stereocenters. The minimum Gasteiger partial charge on any atom is -0.492 e. The number of nitriles is 1. The molecule has 0 fully saturated rings. The van der Waals surface area contributed by atoms with Crippen LogP contribution in [-0.4, -0.2) is 25.2 Å². The van der Waals surface area contributed by atoms with Gasteiger partial charge >= 0.3 is 0 Å². The van der Waals surface area contributed by atoms with Crippen LogP contribution in [0.25, 0.3) is 6.08 Å². The molecule has 0 aliphatic heterocycles. The Morgan fingerprint density at radius 1 is 1.30 bits per heavy atom. The second-order valence-corrected chi connectivity index (χ2v) is 9.07. The topological polar surface area (TPSA) is 71.3 Å². The zero-order valence-electron chi connectivity index (χ0n) is 17.2. The number of hydrogen-bond donors (Lipinski definition) is 1. The SMILES string of the molecule is CCOc1cc(C=C(C#N)C(=O)NC(C)(C)CC(C)(C)C)cc(Br)c1OC. The summed E-state index contributed by atoms with van der Waals surface area (Å²) in [6.45, 7) is 12.6.